The zero-order chi connectivity index (χ0) is 15.5. The number of rotatable bonds is 7. The SMILES string of the molecule is O=C(O)CCN(CC1CCCO1)C(=O)c1cc(C2CC2)on1. The molecule has 2 aliphatic rings. The van der Waals surface area contributed by atoms with E-state index in [2.05, 4.69) is 5.16 Å². The Morgan fingerprint density at radius 1 is 1.36 bits per heavy atom. The van der Waals surface area contributed by atoms with Crippen LogP contribution in [0.15, 0.2) is 10.6 Å². The van der Waals surface area contributed by atoms with E-state index in [-0.39, 0.29) is 30.7 Å². The van der Waals surface area contributed by atoms with E-state index in [9.17, 15) is 9.59 Å². The molecular weight excluding hydrogens is 288 g/mol. The molecule has 2 fully saturated rings. The van der Waals surface area contributed by atoms with Gasteiger partial charge in [-0.05, 0) is 25.7 Å². The Morgan fingerprint density at radius 3 is 2.82 bits per heavy atom. The summed E-state index contributed by atoms with van der Waals surface area (Å²) < 4.78 is 10.8. The highest BCUT2D eigenvalue weighted by atomic mass is 16.5. The summed E-state index contributed by atoms with van der Waals surface area (Å²) in [4.78, 5) is 24.9. The molecule has 120 valence electrons. The minimum Gasteiger partial charge on any atom is -0.481 e. The Kier molecular flexibility index (Phi) is 4.42. The molecule has 1 amide bonds. The largest absolute Gasteiger partial charge is 0.481 e. The standard InChI is InChI=1S/C15H20N2O5/c18-14(19)5-6-17(9-11-2-1-7-21-11)15(20)12-8-13(22-16-12)10-3-4-10/h8,10-11H,1-7,9H2,(H,18,19). The Morgan fingerprint density at radius 2 is 2.18 bits per heavy atom. The predicted molar refractivity (Wildman–Crippen MR) is 75.6 cm³/mol. The molecule has 0 spiro atoms. The fourth-order valence-corrected chi connectivity index (χ4v) is 2.65. The van der Waals surface area contributed by atoms with E-state index in [1.54, 1.807) is 6.07 Å². The van der Waals surface area contributed by atoms with Crippen LogP contribution in [0, 0.1) is 0 Å². The van der Waals surface area contributed by atoms with Crippen molar-refractivity contribution < 1.29 is 24.0 Å². The number of ether oxygens (including phenoxy) is 1. The number of carbonyl (C=O) groups is 2. The van der Waals surface area contributed by atoms with Crippen LogP contribution in [0.5, 0.6) is 0 Å². The maximum Gasteiger partial charge on any atom is 0.305 e. The summed E-state index contributed by atoms with van der Waals surface area (Å²) in [6, 6.07) is 1.68. The highest BCUT2D eigenvalue weighted by Crippen LogP contribution is 2.40. The van der Waals surface area contributed by atoms with Gasteiger partial charge in [0.05, 0.1) is 12.5 Å². The molecule has 3 rings (SSSR count). The second-order valence-electron chi connectivity index (χ2n) is 5.92. The lowest BCUT2D eigenvalue weighted by atomic mass is 10.2. The number of aliphatic carboxylic acids is 1. The number of hydrogen-bond acceptors (Lipinski definition) is 5. The van der Waals surface area contributed by atoms with Gasteiger partial charge >= 0.3 is 5.97 Å². The third kappa shape index (κ3) is 3.65. The van der Waals surface area contributed by atoms with Gasteiger partial charge in [0.1, 0.15) is 5.76 Å². The lowest BCUT2D eigenvalue weighted by Crippen LogP contribution is -2.39. The lowest BCUT2D eigenvalue weighted by Gasteiger charge is -2.23. The quantitative estimate of drug-likeness (QED) is 0.823. The van der Waals surface area contributed by atoms with Crippen molar-refractivity contribution in [2.45, 2.75) is 44.1 Å². The molecular formula is C15H20N2O5. The van der Waals surface area contributed by atoms with E-state index in [0.717, 1.165) is 31.4 Å². The summed E-state index contributed by atoms with van der Waals surface area (Å²) in [5, 5.41) is 12.7. The van der Waals surface area contributed by atoms with Crippen LogP contribution in [0.4, 0.5) is 0 Å². The number of aromatic nitrogens is 1. The van der Waals surface area contributed by atoms with Gasteiger partial charge in [0.15, 0.2) is 5.69 Å². The van der Waals surface area contributed by atoms with Crippen molar-refractivity contribution >= 4 is 11.9 Å². The van der Waals surface area contributed by atoms with Crippen molar-refractivity contribution in [1.82, 2.24) is 10.1 Å². The normalized spacial score (nSPS) is 21.0. The first kappa shape index (κ1) is 15.0. The molecule has 22 heavy (non-hydrogen) atoms. The van der Waals surface area contributed by atoms with Crippen LogP contribution in [0.3, 0.4) is 0 Å². The highest BCUT2D eigenvalue weighted by Gasteiger charge is 2.31. The summed E-state index contributed by atoms with van der Waals surface area (Å²) >= 11 is 0. The van der Waals surface area contributed by atoms with Crippen molar-refractivity contribution in [3.63, 3.8) is 0 Å². The van der Waals surface area contributed by atoms with Gasteiger partial charge in [-0.2, -0.15) is 0 Å². The highest BCUT2D eigenvalue weighted by molar-refractivity contribution is 5.92. The Balaban J connectivity index is 1.67. The van der Waals surface area contributed by atoms with Crippen LogP contribution in [0.1, 0.15) is 54.3 Å². The summed E-state index contributed by atoms with van der Waals surface area (Å²) in [7, 11) is 0. The molecule has 1 saturated carbocycles. The number of carboxylic acids is 1. The smallest absolute Gasteiger partial charge is 0.305 e. The molecule has 0 aromatic carbocycles. The van der Waals surface area contributed by atoms with Crippen LogP contribution < -0.4 is 0 Å². The van der Waals surface area contributed by atoms with Crippen molar-refractivity contribution in [2.75, 3.05) is 19.7 Å². The molecule has 1 unspecified atom stereocenters. The molecule has 1 aliphatic carbocycles. The first-order valence-electron chi connectivity index (χ1n) is 7.73. The van der Waals surface area contributed by atoms with E-state index in [0.29, 0.717) is 19.1 Å². The molecule has 1 atom stereocenters. The number of amides is 1. The molecule has 7 nitrogen and oxygen atoms in total. The molecule has 1 saturated heterocycles. The molecule has 0 radical (unpaired) electrons. The van der Waals surface area contributed by atoms with Crippen LogP contribution in [0.2, 0.25) is 0 Å². The third-order valence-corrected chi connectivity index (χ3v) is 4.06. The molecule has 0 bridgehead atoms. The first-order chi connectivity index (χ1) is 10.6. The van der Waals surface area contributed by atoms with Gasteiger partial charge in [0.2, 0.25) is 0 Å². The molecule has 1 aromatic rings. The van der Waals surface area contributed by atoms with E-state index in [1.165, 1.54) is 4.90 Å². The number of carboxylic acid groups (broad SMARTS) is 1. The summed E-state index contributed by atoms with van der Waals surface area (Å²) in [6.07, 6.45) is 3.90. The summed E-state index contributed by atoms with van der Waals surface area (Å²) in [5.41, 5.74) is 0.255. The molecule has 2 heterocycles. The molecule has 1 aromatic heterocycles. The molecule has 1 aliphatic heterocycles. The van der Waals surface area contributed by atoms with Gasteiger partial charge in [-0.1, -0.05) is 5.16 Å². The monoisotopic (exact) mass is 308 g/mol. The zero-order valence-electron chi connectivity index (χ0n) is 12.4. The van der Waals surface area contributed by atoms with Crippen molar-refractivity contribution in [3.05, 3.63) is 17.5 Å². The van der Waals surface area contributed by atoms with Crippen LogP contribution in [-0.4, -0.2) is 52.8 Å². The third-order valence-electron chi connectivity index (χ3n) is 4.06. The van der Waals surface area contributed by atoms with Crippen LogP contribution in [0.25, 0.3) is 0 Å². The zero-order valence-corrected chi connectivity index (χ0v) is 12.4. The fraction of sp³-hybridized carbons (Fsp3) is 0.667. The van der Waals surface area contributed by atoms with Gasteiger partial charge in [-0.15, -0.1) is 0 Å². The van der Waals surface area contributed by atoms with Gasteiger partial charge < -0.3 is 19.3 Å². The van der Waals surface area contributed by atoms with Crippen LogP contribution >= 0.6 is 0 Å². The average molecular weight is 308 g/mol. The second-order valence-corrected chi connectivity index (χ2v) is 5.92. The van der Waals surface area contributed by atoms with Gasteiger partial charge in [-0.25, -0.2) is 0 Å². The van der Waals surface area contributed by atoms with Crippen molar-refractivity contribution in [2.24, 2.45) is 0 Å². The van der Waals surface area contributed by atoms with E-state index < -0.39 is 5.97 Å². The van der Waals surface area contributed by atoms with Crippen molar-refractivity contribution in [3.8, 4) is 0 Å². The number of carbonyl (C=O) groups excluding carboxylic acids is 1. The molecule has 1 N–H and O–H groups in total. The number of hydrogen-bond donors (Lipinski definition) is 1. The topological polar surface area (TPSA) is 92.9 Å². The van der Waals surface area contributed by atoms with Crippen molar-refractivity contribution in [1.29, 1.82) is 0 Å². The van der Waals surface area contributed by atoms with E-state index in [1.807, 2.05) is 0 Å². The Hall–Kier alpha value is -1.89. The Bertz CT molecular complexity index is 546. The summed E-state index contributed by atoms with van der Waals surface area (Å²) in [6.45, 7) is 1.25. The minimum atomic E-state index is -0.927. The predicted octanol–water partition coefficient (Wildman–Crippen LogP) is 1.65. The van der Waals surface area contributed by atoms with Gasteiger partial charge in [0.25, 0.3) is 5.91 Å². The maximum absolute atomic E-state index is 12.6. The van der Waals surface area contributed by atoms with E-state index >= 15 is 0 Å². The number of nitrogens with zero attached hydrogens (tertiary/aromatic N) is 2. The lowest BCUT2D eigenvalue weighted by molar-refractivity contribution is -0.137. The maximum atomic E-state index is 12.6. The Labute approximate surface area is 128 Å². The average Bonchev–Trinajstić information content (AvgIpc) is 3.02. The minimum absolute atomic E-state index is 0.0208. The van der Waals surface area contributed by atoms with E-state index in [4.69, 9.17) is 14.4 Å². The van der Waals surface area contributed by atoms with Gasteiger partial charge in [0, 0.05) is 31.7 Å². The fourth-order valence-electron chi connectivity index (χ4n) is 2.65. The second kappa shape index (κ2) is 6.48. The first-order valence-corrected chi connectivity index (χ1v) is 7.73. The van der Waals surface area contributed by atoms with Gasteiger partial charge in [-0.3, -0.25) is 9.59 Å². The molecule has 7 heteroatoms. The van der Waals surface area contributed by atoms with Crippen LogP contribution in [-0.2, 0) is 9.53 Å². The summed E-state index contributed by atoms with van der Waals surface area (Å²) in [5.74, 6) is -0.0744.